The highest BCUT2D eigenvalue weighted by Gasteiger charge is 2.11. The molecule has 1 aromatic heterocycles. The summed E-state index contributed by atoms with van der Waals surface area (Å²) in [6.07, 6.45) is 1.88. The van der Waals surface area contributed by atoms with Crippen LogP contribution in [-0.4, -0.2) is 9.67 Å². The van der Waals surface area contributed by atoms with E-state index in [1.807, 2.05) is 23.9 Å². The fourth-order valence-corrected chi connectivity index (χ4v) is 2.36. The number of hydrogen-bond donors (Lipinski definition) is 1. The number of aromatic nitrogens is 1. The molecule has 0 aliphatic carbocycles. The van der Waals surface area contributed by atoms with Gasteiger partial charge in [0.25, 0.3) is 0 Å². The van der Waals surface area contributed by atoms with Gasteiger partial charge >= 0.3 is 0 Å². The van der Waals surface area contributed by atoms with Crippen molar-refractivity contribution in [2.24, 2.45) is 7.05 Å². The first-order chi connectivity index (χ1) is 9.66. The number of halogens is 1. The summed E-state index contributed by atoms with van der Waals surface area (Å²) < 4.78 is 20.9. The van der Waals surface area contributed by atoms with E-state index in [1.165, 1.54) is 6.07 Å². The van der Waals surface area contributed by atoms with Gasteiger partial charge in [-0.2, -0.15) is 0 Å². The Labute approximate surface area is 115 Å². The lowest BCUT2D eigenvalue weighted by atomic mass is 10.2. The van der Waals surface area contributed by atoms with E-state index in [2.05, 4.69) is 0 Å². The second-order valence-electron chi connectivity index (χ2n) is 4.66. The first-order valence-corrected chi connectivity index (χ1v) is 6.30. The molecule has 20 heavy (non-hydrogen) atoms. The molecule has 3 rings (SSSR count). The molecular formula is C16H14FNO2. The maximum absolute atomic E-state index is 13.5. The molecule has 1 N–H and O–H groups in total. The molecule has 3 aromatic rings. The lowest BCUT2D eigenvalue weighted by molar-refractivity contribution is 0.291. The lowest BCUT2D eigenvalue weighted by Crippen LogP contribution is -1.96. The molecule has 0 aliphatic rings. The van der Waals surface area contributed by atoms with Gasteiger partial charge in [0.05, 0.1) is 5.52 Å². The lowest BCUT2D eigenvalue weighted by Gasteiger charge is -2.06. The van der Waals surface area contributed by atoms with E-state index in [0.29, 0.717) is 0 Å². The quantitative estimate of drug-likeness (QED) is 0.789. The van der Waals surface area contributed by atoms with Gasteiger partial charge in [0, 0.05) is 24.2 Å². The Kier molecular flexibility index (Phi) is 3.06. The predicted molar refractivity (Wildman–Crippen MR) is 75.3 cm³/mol. The van der Waals surface area contributed by atoms with Crippen LogP contribution in [0.2, 0.25) is 0 Å². The number of aromatic hydroxyl groups is 1. The molecule has 1 heterocycles. The summed E-state index contributed by atoms with van der Waals surface area (Å²) in [5, 5.41) is 10.8. The van der Waals surface area contributed by atoms with Gasteiger partial charge in [-0.3, -0.25) is 0 Å². The minimum atomic E-state index is -0.379. The van der Waals surface area contributed by atoms with Gasteiger partial charge in [0.15, 0.2) is 11.6 Å². The summed E-state index contributed by atoms with van der Waals surface area (Å²) >= 11 is 0. The molecule has 2 aromatic carbocycles. The Morgan fingerprint density at radius 2 is 1.95 bits per heavy atom. The monoisotopic (exact) mass is 271 g/mol. The molecule has 0 fully saturated rings. The zero-order valence-electron chi connectivity index (χ0n) is 11.0. The Bertz CT molecular complexity index is 764. The number of aryl methyl sites for hydroxylation is 1. The fraction of sp³-hybridized carbons (Fsp3) is 0.125. The number of nitrogens with zero attached hydrogens (tertiary/aromatic N) is 1. The van der Waals surface area contributed by atoms with Crippen LogP contribution in [0.3, 0.4) is 0 Å². The van der Waals surface area contributed by atoms with Crippen LogP contribution in [0.1, 0.15) is 5.56 Å². The van der Waals surface area contributed by atoms with Crippen LogP contribution in [0.5, 0.6) is 11.5 Å². The highest BCUT2D eigenvalue weighted by atomic mass is 19.1. The number of para-hydroxylation sites is 2. The number of ether oxygens (including phenoxy) is 1. The zero-order chi connectivity index (χ0) is 14.1. The standard InChI is InChI=1S/C16H14FNO2/c1-18-9-11(12-5-4-7-14(19)16(12)18)10-20-15-8-3-2-6-13(15)17/h2-9,19H,10H2,1H3. The van der Waals surface area contributed by atoms with Crippen molar-refractivity contribution in [2.45, 2.75) is 6.61 Å². The second kappa shape index (κ2) is 4.89. The molecule has 0 bridgehead atoms. The van der Waals surface area contributed by atoms with Crippen LogP contribution in [0.25, 0.3) is 10.9 Å². The van der Waals surface area contributed by atoms with Crippen molar-refractivity contribution in [1.29, 1.82) is 0 Å². The summed E-state index contributed by atoms with van der Waals surface area (Å²) in [6.45, 7) is 0.252. The van der Waals surface area contributed by atoms with Crippen LogP contribution >= 0.6 is 0 Å². The van der Waals surface area contributed by atoms with Gasteiger partial charge in [-0.25, -0.2) is 4.39 Å². The van der Waals surface area contributed by atoms with E-state index in [4.69, 9.17) is 4.74 Å². The van der Waals surface area contributed by atoms with Crippen molar-refractivity contribution in [3.05, 3.63) is 60.0 Å². The summed E-state index contributed by atoms with van der Waals surface area (Å²) in [5.74, 6) is 0.0716. The summed E-state index contributed by atoms with van der Waals surface area (Å²) in [5.41, 5.74) is 1.65. The fourth-order valence-electron chi connectivity index (χ4n) is 2.36. The maximum Gasteiger partial charge on any atom is 0.165 e. The van der Waals surface area contributed by atoms with Gasteiger partial charge in [-0.15, -0.1) is 0 Å². The SMILES string of the molecule is Cn1cc(COc2ccccc2F)c2cccc(O)c21. The number of hydrogen-bond acceptors (Lipinski definition) is 2. The minimum Gasteiger partial charge on any atom is -0.506 e. The van der Waals surface area contributed by atoms with Crippen molar-refractivity contribution in [3.8, 4) is 11.5 Å². The number of benzene rings is 2. The highest BCUT2D eigenvalue weighted by Crippen LogP contribution is 2.29. The number of phenols is 1. The third kappa shape index (κ3) is 2.09. The minimum absolute atomic E-state index is 0.224. The first kappa shape index (κ1) is 12.5. The Balaban J connectivity index is 1.93. The first-order valence-electron chi connectivity index (χ1n) is 6.30. The van der Waals surface area contributed by atoms with E-state index in [0.717, 1.165) is 16.5 Å². The zero-order valence-corrected chi connectivity index (χ0v) is 11.0. The van der Waals surface area contributed by atoms with Gasteiger partial charge in [0.2, 0.25) is 0 Å². The molecule has 0 amide bonds. The number of fused-ring (bicyclic) bond motifs is 1. The molecule has 0 aliphatic heterocycles. The number of rotatable bonds is 3. The van der Waals surface area contributed by atoms with Crippen molar-refractivity contribution < 1.29 is 14.2 Å². The van der Waals surface area contributed by atoms with Crippen LogP contribution in [0, 0.1) is 5.82 Å². The molecule has 0 saturated carbocycles. The van der Waals surface area contributed by atoms with Crippen LogP contribution in [0.15, 0.2) is 48.7 Å². The van der Waals surface area contributed by atoms with Crippen molar-refractivity contribution in [3.63, 3.8) is 0 Å². The van der Waals surface area contributed by atoms with Gasteiger partial charge in [-0.05, 0) is 18.2 Å². The topological polar surface area (TPSA) is 34.4 Å². The largest absolute Gasteiger partial charge is 0.506 e. The van der Waals surface area contributed by atoms with Crippen molar-refractivity contribution in [1.82, 2.24) is 4.57 Å². The summed E-state index contributed by atoms with van der Waals surface area (Å²) in [6, 6.07) is 11.6. The van der Waals surface area contributed by atoms with Crippen molar-refractivity contribution in [2.75, 3.05) is 0 Å². The van der Waals surface area contributed by atoms with Crippen molar-refractivity contribution >= 4 is 10.9 Å². The molecular weight excluding hydrogens is 257 g/mol. The molecule has 102 valence electrons. The highest BCUT2D eigenvalue weighted by molar-refractivity contribution is 5.88. The predicted octanol–water partition coefficient (Wildman–Crippen LogP) is 3.60. The average molecular weight is 271 g/mol. The average Bonchev–Trinajstić information content (AvgIpc) is 2.76. The Hall–Kier alpha value is -2.49. The van der Waals surface area contributed by atoms with Crippen LogP contribution < -0.4 is 4.74 Å². The third-order valence-corrected chi connectivity index (χ3v) is 3.28. The van der Waals surface area contributed by atoms with E-state index in [9.17, 15) is 9.50 Å². The van der Waals surface area contributed by atoms with E-state index in [1.54, 1.807) is 30.3 Å². The smallest absolute Gasteiger partial charge is 0.165 e. The summed E-state index contributed by atoms with van der Waals surface area (Å²) in [4.78, 5) is 0. The Morgan fingerprint density at radius 3 is 2.75 bits per heavy atom. The molecule has 0 radical (unpaired) electrons. The van der Waals surface area contributed by atoms with Gasteiger partial charge < -0.3 is 14.4 Å². The molecule has 0 atom stereocenters. The molecule has 0 saturated heterocycles. The maximum atomic E-state index is 13.5. The van der Waals surface area contributed by atoms with Crippen LogP contribution in [-0.2, 0) is 13.7 Å². The van der Waals surface area contributed by atoms with Crippen LogP contribution in [0.4, 0.5) is 4.39 Å². The van der Waals surface area contributed by atoms with Gasteiger partial charge in [0.1, 0.15) is 12.4 Å². The van der Waals surface area contributed by atoms with E-state index >= 15 is 0 Å². The summed E-state index contributed by atoms with van der Waals surface area (Å²) in [7, 11) is 1.86. The second-order valence-corrected chi connectivity index (χ2v) is 4.66. The number of phenolic OH excluding ortho intramolecular Hbond substituents is 1. The molecule has 4 heteroatoms. The Morgan fingerprint density at radius 1 is 1.15 bits per heavy atom. The van der Waals surface area contributed by atoms with E-state index < -0.39 is 0 Å². The molecule has 3 nitrogen and oxygen atoms in total. The molecule has 0 unspecified atom stereocenters. The normalized spacial score (nSPS) is 10.9. The third-order valence-electron chi connectivity index (χ3n) is 3.28. The van der Waals surface area contributed by atoms with E-state index in [-0.39, 0.29) is 23.9 Å². The van der Waals surface area contributed by atoms with Gasteiger partial charge in [-0.1, -0.05) is 24.3 Å². The molecule has 0 spiro atoms.